The average molecular weight is 412 g/mol. The number of fused-ring (bicyclic) bond motifs is 1. The molecule has 0 aliphatic rings. The molecule has 0 aliphatic heterocycles. The van der Waals surface area contributed by atoms with Gasteiger partial charge in [-0.05, 0) is 39.3 Å². The van der Waals surface area contributed by atoms with Crippen molar-refractivity contribution < 1.29 is 4.52 Å². The van der Waals surface area contributed by atoms with E-state index in [4.69, 9.17) is 9.51 Å². The fourth-order valence-corrected chi connectivity index (χ4v) is 4.26. The molecule has 31 heavy (non-hydrogen) atoms. The van der Waals surface area contributed by atoms with E-state index < -0.39 is 0 Å². The van der Waals surface area contributed by atoms with Gasteiger partial charge >= 0.3 is 0 Å². The zero-order chi connectivity index (χ0) is 21.5. The van der Waals surface area contributed by atoms with Crippen LogP contribution in [-0.2, 0) is 6.54 Å². The summed E-state index contributed by atoms with van der Waals surface area (Å²) in [6, 6.07) is 12.9. The average Bonchev–Trinajstić information content (AvgIpc) is 3.50. The van der Waals surface area contributed by atoms with Crippen molar-refractivity contribution in [1.82, 2.24) is 24.5 Å². The van der Waals surface area contributed by atoms with Crippen LogP contribution < -0.4 is 0 Å². The van der Waals surface area contributed by atoms with Gasteiger partial charge in [-0.25, -0.2) is 0 Å². The van der Waals surface area contributed by atoms with Crippen LogP contribution in [0.3, 0.4) is 0 Å². The van der Waals surface area contributed by atoms with Gasteiger partial charge in [-0.3, -0.25) is 9.67 Å². The van der Waals surface area contributed by atoms with Crippen molar-refractivity contribution in [1.29, 1.82) is 0 Å². The van der Waals surface area contributed by atoms with E-state index in [0.717, 1.165) is 51.3 Å². The summed E-state index contributed by atoms with van der Waals surface area (Å²) in [5.74, 6) is 0.803. The third-order valence-corrected chi connectivity index (χ3v) is 5.96. The quantitative estimate of drug-likeness (QED) is 0.367. The molecule has 0 radical (unpaired) electrons. The Kier molecular flexibility index (Phi) is 4.70. The lowest BCUT2D eigenvalue weighted by Crippen LogP contribution is -2.05. The summed E-state index contributed by atoms with van der Waals surface area (Å²) >= 11 is 0. The summed E-state index contributed by atoms with van der Waals surface area (Å²) in [6.45, 7) is 9.05. The molecule has 156 valence electrons. The molecule has 0 saturated carbocycles. The Bertz CT molecular complexity index is 1340. The molecule has 0 saturated heterocycles. The maximum absolute atomic E-state index is 5.40. The second kappa shape index (κ2) is 7.54. The lowest BCUT2D eigenvalue weighted by atomic mass is 10.0. The normalized spacial score (nSPS) is 12.5. The Morgan fingerprint density at radius 3 is 2.52 bits per heavy atom. The van der Waals surface area contributed by atoms with E-state index in [1.807, 2.05) is 37.0 Å². The Hall–Kier alpha value is -3.67. The van der Waals surface area contributed by atoms with Gasteiger partial charge in [0, 0.05) is 47.4 Å². The number of hydrogen-bond donors (Lipinski definition) is 0. The number of aryl methyl sites for hydroxylation is 3. The minimum Gasteiger partial charge on any atom is -0.361 e. The van der Waals surface area contributed by atoms with Crippen molar-refractivity contribution in [2.75, 3.05) is 0 Å². The molecule has 4 aromatic heterocycles. The van der Waals surface area contributed by atoms with Crippen molar-refractivity contribution in [3.63, 3.8) is 0 Å². The Balaban J connectivity index is 1.74. The highest BCUT2D eigenvalue weighted by Crippen LogP contribution is 2.36. The topological polar surface area (TPSA) is 61.7 Å². The first-order valence-corrected chi connectivity index (χ1v) is 10.6. The highest BCUT2D eigenvalue weighted by molar-refractivity contribution is 5.95. The van der Waals surface area contributed by atoms with Gasteiger partial charge in [0.25, 0.3) is 0 Å². The standard InChI is InChI=1S/C25H25N5O/c1-5-29-14-21(13-27-29)22-15-30(17(3)19-9-7-6-8-10-19)23-11-20(12-26-25(22)23)24-16(2)28-31-18(24)4/h6-15,17H,5H2,1-4H3. The van der Waals surface area contributed by atoms with Gasteiger partial charge in [0.15, 0.2) is 0 Å². The second-order valence-electron chi connectivity index (χ2n) is 7.91. The monoisotopic (exact) mass is 411 g/mol. The van der Waals surface area contributed by atoms with Crippen LogP contribution in [0.1, 0.15) is 36.9 Å². The number of aromatic nitrogens is 5. The molecule has 0 N–H and O–H groups in total. The SMILES string of the molecule is CCn1cc(-c2cn(C(C)c3ccccc3)c3cc(-c4c(C)noc4C)cnc23)cn1. The first-order valence-electron chi connectivity index (χ1n) is 10.6. The van der Waals surface area contributed by atoms with Crippen molar-refractivity contribution in [2.24, 2.45) is 0 Å². The van der Waals surface area contributed by atoms with E-state index >= 15 is 0 Å². The zero-order valence-electron chi connectivity index (χ0n) is 18.2. The van der Waals surface area contributed by atoms with Crippen LogP contribution in [-0.4, -0.2) is 24.5 Å². The molecule has 4 heterocycles. The van der Waals surface area contributed by atoms with Crippen LogP contribution in [0.5, 0.6) is 0 Å². The summed E-state index contributed by atoms with van der Waals surface area (Å²) in [5, 5.41) is 8.59. The van der Waals surface area contributed by atoms with Gasteiger partial charge < -0.3 is 9.09 Å². The number of pyridine rings is 1. The number of hydrogen-bond acceptors (Lipinski definition) is 4. The van der Waals surface area contributed by atoms with Gasteiger partial charge in [-0.2, -0.15) is 5.10 Å². The van der Waals surface area contributed by atoms with E-state index in [2.05, 4.69) is 71.4 Å². The fourth-order valence-electron chi connectivity index (χ4n) is 4.26. The molecule has 0 spiro atoms. The molecule has 5 aromatic rings. The van der Waals surface area contributed by atoms with Gasteiger partial charge in [0.2, 0.25) is 0 Å². The zero-order valence-corrected chi connectivity index (χ0v) is 18.2. The summed E-state index contributed by atoms with van der Waals surface area (Å²) < 4.78 is 9.65. The minimum atomic E-state index is 0.153. The Morgan fingerprint density at radius 2 is 1.84 bits per heavy atom. The first kappa shape index (κ1) is 19.3. The molecule has 0 amide bonds. The number of nitrogens with zero attached hydrogens (tertiary/aromatic N) is 5. The lowest BCUT2D eigenvalue weighted by molar-refractivity contribution is 0.393. The van der Waals surface area contributed by atoms with Crippen molar-refractivity contribution in [3.05, 3.63) is 78.2 Å². The lowest BCUT2D eigenvalue weighted by Gasteiger charge is -2.16. The van der Waals surface area contributed by atoms with E-state index in [-0.39, 0.29) is 6.04 Å². The summed E-state index contributed by atoms with van der Waals surface area (Å²) in [7, 11) is 0. The van der Waals surface area contributed by atoms with Crippen LogP contribution in [0.4, 0.5) is 0 Å². The maximum Gasteiger partial charge on any atom is 0.141 e. The van der Waals surface area contributed by atoms with Crippen LogP contribution in [0, 0.1) is 13.8 Å². The molecule has 1 atom stereocenters. The highest BCUT2D eigenvalue weighted by atomic mass is 16.5. The van der Waals surface area contributed by atoms with Gasteiger partial charge in [0.05, 0.1) is 29.0 Å². The van der Waals surface area contributed by atoms with Crippen molar-refractivity contribution in [2.45, 2.75) is 40.3 Å². The van der Waals surface area contributed by atoms with Gasteiger partial charge in [-0.15, -0.1) is 0 Å². The molecule has 0 bridgehead atoms. The van der Waals surface area contributed by atoms with Crippen LogP contribution >= 0.6 is 0 Å². The highest BCUT2D eigenvalue weighted by Gasteiger charge is 2.20. The third kappa shape index (κ3) is 3.24. The maximum atomic E-state index is 5.40. The Morgan fingerprint density at radius 1 is 1.03 bits per heavy atom. The van der Waals surface area contributed by atoms with Crippen LogP contribution in [0.25, 0.3) is 33.3 Å². The van der Waals surface area contributed by atoms with E-state index in [9.17, 15) is 0 Å². The second-order valence-corrected chi connectivity index (χ2v) is 7.91. The predicted molar refractivity (Wildman–Crippen MR) is 122 cm³/mol. The molecule has 0 aliphatic carbocycles. The van der Waals surface area contributed by atoms with E-state index in [1.54, 1.807) is 0 Å². The number of rotatable bonds is 5. The molecule has 1 unspecified atom stereocenters. The molecular weight excluding hydrogens is 386 g/mol. The van der Waals surface area contributed by atoms with Gasteiger partial charge in [-0.1, -0.05) is 35.5 Å². The Labute approximate surface area is 181 Å². The first-order chi connectivity index (χ1) is 15.1. The third-order valence-electron chi connectivity index (χ3n) is 5.96. The summed E-state index contributed by atoms with van der Waals surface area (Å²) in [4.78, 5) is 4.90. The summed E-state index contributed by atoms with van der Waals surface area (Å²) in [5.41, 5.74) is 8.34. The number of benzene rings is 1. The van der Waals surface area contributed by atoms with Gasteiger partial charge in [0.1, 0.15) is 5.76 Å². The molecule has 6 nitrogen and oxygen atoms in total. The van der Waals surface area contributed by atoms with Crippen LogP contribution in [0.15, 0.2) is 65.7 Å². The van der Waals surface area contributed by atoms with Crippen molar-refractivity contribution in [3.8, 4) is 22.3 Å². The van der Waals surface area contributed by atoms with Crippen molar-refractivity contribution >= 4 is 11.0 Å². The van der Waals surface area contributed by atoms with E-state index in [0.29, 0.717) is 0 Å². The molecule has 5 rings (SSSR count). The fraction of sp³-hybridized carbons (Fsp3) is 0.240. The minimum absolute atomic E-state index is 0.153. The molecule has 0 fully saturated rings. The molecule has 6 heteroatoms. The van der Waals surface area contributed by atoms with E-state index in [1.165, 1.54) is 5.56 Å². The largest absolute Gasteiger partial charge is 0.361 e. The molecule has 1 aromatic carbocycles. The van der Waals surface area contributed by atoms with Crippen LogP contribution in [0.2, 0.25) is 0 Å². The molecular formula is C25H25N5O. The predicted octanol–water partition coefficient (Wildman–Crippen LogP) is 5.80. The smallest absolute Gasteiger partial charge is 0.141 e. The summed E-state index contributed by atoms with van der Waals surface area (Å²) in [6.07, 6.45) is 8.11.